The Morgan fingerprint density at radius 3 is 2.31 bits per heavy atom. The maximum atomic E-state index is 13.2. The molecule has 0 fully saturated rings. The van der Waals surface area contributed by atoms with Gasteiger partial charge in [0.1, 0.15) is 0 Å². The van der Waals surface area contributed by atoms with E-state index in [1.165, 1.54) is 6.92 Å². The highest BCUT2D eigenvalue weighted by Gasteiger charge is 2.26. The van der Waals surface area contributed by atoms with Gasteiger partial charge in [-0.1, -0.05) is 18.2 Å². The average Bonchev–Trinajstić information content (AvgIpc) is 2.78. The van der Waals surface area contributed by atoms with E-state index >= 15 is 0 Å². The monoisotopic (exact) mass is 431 g/mol. The van der Waals surface area contributed by atoms with Crippen LogP contribution in [0, 0.1) is 0 Å². The van der Waals surface area contributed by atoms with Crippen LogP contribution in [0.3, 0.4) is 0 Å². The van der Waals surface area contributed by atoms with Crippen LogP contribution < -0.4 is 10.6 Å². The fourth-order valence-electron chi connectivity index (χ4n) is 3.96. The molecule has 2 N–H and O–H groups in total. The minimum absolute atomic E-state index is 0.173. The van der Waals surface area contributed by atoms with Gasteiger partial charge < -0.3 is 15.4 Å². The summed E-state index contributed by atoms with van der Waals surface area (Å²) in [5.41, 5.74) is 4.32. The Morgan fingerprint density at radius 2 is 1.59 bits per heavy atom. The lowest BCUT2D eigenvalue weighted by molar-refractivity contribution is -0.123. The molecule has 0 saturated heterocycles. The van der Waals surface area contributed by atoms with Crippen molar-refractivity contribution in [2.75, 3.05) is 10.6 Å². The summed E-state index contributed by atoms with van der Waals surface area (Å²) in [6.45, 7) is 2.98. The Kier molecular flexibility index (Phi) is 6.16. The Morgan fingerprint density at radius 1 is 0.938 bits per heavy atom. The third kappa shape index (κ3) is 4.61. The molecule has 1 atom stereocenters. The van der Waals surface area contributed by atoms with Crippen LogP contribution in [-0.2, 0) is 27.2 Å². The molecular formula is C25H25N3O4. The van der Waals surface area contributed by atoms with E-state index in [-0.39, 0.29) is 5.91 Å². The van der Waals surface area contributed by atoms with Gasteiger partial charge in [-0.3, -0.25) is 14.6 Å². The van der Waals surface area contributed by atoms with Crippen LogP contribution in [0.1, 0.15) is 48.3 Å². The molecule has 164 valence electrons. The lowest BCUT2D eigenvalue weighted by atomic mass is 9.90. The Bertz CT molecular complexity index is 1190. The van der Waals surface area contributed by atoms with E-state index in [4.69, 9.17) is 9.72 Å². The first-order valence-corrected chi connectivity index (χ1v) is 10.7. The maximum absolute atomic E-state index is 13.2. The van der Waals surface area contributed by atoms with Crippen LogP contribution in [0.2, 0.25) is 0 Å². The summed E-state index contributed by atoms with van der Waals surface area (Å²) in [4.78, 5) is 41.7. The first-order valence-electron chi connectivity index (χ1n) is 10.7. The summed E-state index contributed by atoms with van der Waals surface area (Å²) in [5.74, 6) is -1.11. The number of hydrogen-bond acceptors (Lipinski definition) is 5. The van der Waals surface area contributed by atoms with Gasteiger partial charge in [0.15, 0.2) is 6.10 Å². The fourth-order valence-corrected chi connectivity index (χ4v) is 3.96. The number of carbonyl (C=O) groups is 3. The minimum Gasteiger partial charge on any atom is -0.449 e. The zero-order chi connectivity index (χ0) is 22.7. The van der Waals surface area contributed by atoms with Gasteiger partial charge in [0.2, 0.25) is 5.91 Å². The number of ether oxygens (including phenoxy) is 1. The molecule has 7 heteroatoms. The van der Waals surface area contributed by atoms with Crippen molar-refractivity contribution in [1.29, 1.82) is 0 Å². The predicted molar refractivity (Wildman–Crippen MR) is 123 cm³/mol. The molecule has 1 aliphatic carbocycles. The maximum Gasteiger partial charge on any atom is 0.339 e. The van der Waals surface area contributed by atoms with E-state index in [0.717, 1.165) is 47.8 Å². The van der Waals surface area contributed by atoms with Gasteiger partial charge >= 0.3 is 5.97 Å². The van der Waals surface area contributed by atoms with Crippen molar-refractivity contribution < 1.29 is 19.1 Å². The molecular weight excluding hydrogens is 406 g/mol. The van der Waals surface area contributed by atoms with Crippen LogP contribution in [0.4, 0.5) is 11.4 Å². The molecule has 2 aromatic carbocycles. The van der Waals surface area contributed by atoms with Gasteiger partial charge in [-0.05, 0) is 68.5 Å². The van der Waals surface area contributed by atoms with Gasteiger partial charge in [-0.25, -0.2) is 4.79 Å². The number of rotatable bonds is 5. The van der Waals surface area contributed by atoms with Gasteiger partial charge in [0.25, 0.3) is 5.91 Å². The summed E-state index contributed by atoms with van der Waals surface area (Å²) >= 11 is 0. The smallest absolute Gasteiger partial charge is 0.339 e. The number of para-hydroxylation sites is 1. The Hall–Kier alpha value is -3.74. The van der Waals surface area contributed by atoms with Crippen LogP contribution in [0.15, 0.2) is 48.5 Å². The minimum atomic E-state index is -0.983. The molecule has 32 heavy (non-hydrogen) atoms. The number of carbonyl (C=O) groups excluding carboxylic acids is 3. The van der Waals surface area contributed by atoms with E-state index in [0.29, 0.717) is 16.9 Å². The molecule has 0 aliphatic heterocycles. The normalized spacial score (nSPS) is 13.7. The van der Waals surface area contributed by atoms with E-state index in [1.807, 2.05) is 24.3 Å². The summed E-state index contributed by atoms with van der Waals surface area (Å²) < 4.78 is 5.59. The molecule has 0 saturated carbocycles. The first kappa shape index (κ1) is 21.5. The lowest BCUT2D eigenvalue weighted by Crippen LogP contribution is -2.30. The molecule has 1 aromatic heterocycles. The number of hydrogen-bond donors (Lipinski definition) is 2. The number of esters is 1. The SMILES string of the molecule is CC(=O)Nc1ccc(NC(=O)C(C)OC(=O)c2c3c(nc4ccccc24)CCCC3)cc1. The highest BCUT2D eigenvalue weighted by atomic mass is 16.5. The number of nitrogens with zero attached hydrogens (tertiary/aromatic N) is 1. The third-order valence-corrected chi connectivity index (χ3v) is 5.50. The number of fused-ring (bicyclic) bond motifs is 2. The number of nitrogens with one attached hydrogen (secondary N) is 2. The van der Waals surface area contributed by atoms with Crippen molar-refractivity contribution in [1.82, 2.24) is 4.98 Å². The second kappa shape index (κ2) is 9.18. The van der Waals surface area contributed by atoms with Gasteiger partial charge in [-0.2, -0.15) is 0 Å². The molecule has 0 bridgehead atoms. The second-order valence-electron chi connectivity index (χ2n) is 7.93. The third-order valence-electron chi connectivity index (χ3n) is 5.50. The highest BCUT2D eigenvalue weighted by Crippen LogP contribution is 2.30. The molecule has 1 heterocycles. The van der Waals surface area contributed by atoms with Gasteiger partial charge in [-0.15, -0.1) is 0 Å². The Labute approximate surface area is 186 Å². The standard InChI is InChI=1S/C25H25N3O4/c1-15(24(30)27-18-13-11-17(12-14-18)26-16(2)29)32-25(31)23-19-7-3-5-9-21(19)28-22-10-6-4-8-20(22)23/h3,5,7,9,11-15H,4,6,8,10H2,1-2H3,(H,26,29)(H,27,30). The van der Waals surface area contributed by atoms with Crippen molar-refractivity contribution in [3.8, 4) is 0 Å². The number of aryl methyl sites for hydroxylation is 1. The quantitative estimate of drug-likeness (QED) is 0.589. The van der Waals surface area contributed by atoms with Crippen LogP contribution in [0.25, 0.3) is 10.9 Å². The molecule has 4 rings (SSSR count). The average molecular weight is 431 g/mol. The zero-order valence-corrected chi connectivity index (χ0v) is 18.1. The van der Waals surface area contributed by atoms with Crippen molar-refractivity contribution >= 4 is 40.1 Å². The van der Waals surface area contributed by atoms with Gasteiger partial charge in [0, 0.05) is 29.4 Å². The summed E-state index contributed by atoms with van der Waals surface area (Å²) in [5, 5.41) is 6.15. The summed E-state index contributed by atoms with van der Waals surface area (Å²) in [6, 6.07) is 14.2. The largest absolute Gasteiger partial charge is 0.449 e. The fraction of sp³-hybridized carbons (Fsp3) is 0.280. The number of anilines is 2. The van der Waals surface area contributed by atoms with Gasteiger partial charge in [0.05, 0.1) is 11.1 Å². The summed E-state index contributed by atoms with van der Waals surface area (Å²) in [7, 11) is 0. The molecule has 2 amide bonds. The molecule has 3 aromatic rings. The number of benzene rings is 2. The number of aromatic nitrogens is 1. The van der Waals surface area contributed by atoms with Crippen LogP contribution in [0.5, 0.6) is 0 Å². The summed E-state index contributed by atoms with van der Waals surface area (Å²) in [6.07, 6.45) is 2.68. The topological polar surface area (TPSA) is 97.4 Å². The zero-order valence-electron chi connectivity index (χ0n) is 18.1. The number of pyridine rings is 1. The van der Waals surface area contributed by atoms with Crippen LogP contribution >= 0.6 is 0 Å². The first-order chi connectivity index (χ1) is 15.4. The highest BCUT2D eigenvalue weighted by molar-refractivity contribution is 6.06. The number of amides is 2. The molecule has 1 unspecified atom stereocenters. The molecule has 1 aliphatic rings. The van der Waals surface area contributed by atoms with Crippen molar-refractivity contribution in [3.63, 3.8) is 0 Å². The second-order valence-corrected chi connectivity index (χ2v) is 7.93. The van der Waals surface area contributed by atoms with Crippen molar-refractivity contribution in [2.24, 2.45) is 0 Å². The molecule has 0 radical (unpaired) electrons. The van der Waals surface area contributed by atoms with E-state index in [2.05, 4.69) is 10.6 Å². The van der Waals surface area contributed by atoms with E-state index in [9.17, 15) is 14.4 Å². The predicted octanol–water partition coefficient (Wildman–Crippen LogP) is 4.26. The Balaban J connectivity index is 1.51. The lowest BCUT2D eigenvalue weighted by Gasteiger charge is -2.21. The van der Waals surface area contributed by atoms with Crippen LogP contribution in [-0.4, -0.2) is 28.9 Å². The van der Waals surface area contributed by atoms with Crippen molar-refractivity contribution in [2.45, 2.75) is 45.6 Å². The van der Waals surface area contributed by atoms with Crippen molar-refractivity contribution in [3.05, 3.63) is 65.4 Å². The molecule has 0 spiro atoms. The van der Waals surface area contributed by atoms with E-state index < -0.39 is 18.0 Å². The van der Waals surface area contributed by atoms with E-state index in [1.54, 1.807) is 31.2 Å². The molecule has 7 nitrogen and oxygen atoms in total.